The normalized spacial score (nSPS) is 19.8. The summed E-state index contributed by atoms with van der Waals surface area (Å²) in [5.41, 5.74) is 3.03. The van der Waals surface area contributed by atoms with Gasteiger partial charge in [0.25, 0.3) is 0 Å². The summed E-state index contributed by atoms with van der Waals surface area (Å²) in [6.45, 7) is 5.62. The maximum Gasteiger partial charge on any atom is 0.227 e. The van der Waals surface area contributed by atoms with Gasteiger partial charge in [-0.25, -0.2) is 0 Å². The van der Waals surface area contributed by atoms with Crippen molar-refractivity contribution in [3.8, 4) is 0 Å². The minimum absolute atomic E-state index is 0.150. The molecule has 1 atom stereocenters. The summed E-state index contributed by atoms with van der Waals surface area (Å²) in [6.07, 6.45) is 2.43. The Hall–Kier alpha value is -1.36. The van der Waals surface area contributed by atoms with Gasteiger partial charge >= 0.3 is 0 Å². The molecule has 1 aliphatic rings. The van der Waals surface area contributed by atoms with Crippen LogP contribution in [0.1, 0.15) is 29.8 Å². The Labute approximate surface area is 114 Å². The van der Waals surface area contributed by atoms with Crippen LogP contribution in [0.2, 0.25) is 0 Å². The van der Waals surface area contributed by atoms with Crippen molar-refractivity contribution in [3.05, 3.63) is 17.0 Å². The third-order valence-corrected chi connectivity index (χ3v) is 4.12. The van der Waals surface area contributed by atoms with Gasteiger partial charge in [-0.05, 0) is 32.6 Å². The number of aliphatic hydroxyl groups excluding tert-OH is 1. The molecule has 1 saturated heterocycles. The van der Waals surface area contributed by atoms with Crippen LogP contribution in [0, 0.1) is 19.8 Å². The van der Waals surface area contributed by atoms with Crippen LogP contribution < -0.4 is 0 Å². The largest absolute Gasteiger partial charge is 0.396 e. The van der Waals surface area contributed by atoms with Crippen LogP contribution in [-0.2, 0) is 18.3 Å². The number of aliphatic hydroxyl groups is 1. The number of likely N-dealkylation sites (tertiary alicyclic amines) is 1. The van der Waals surface area contributed by atoms with Gasteiger partial charge in [0.2, 0.25) is 5.91 Å². The summed E-state index contributed by atoms with van der Waals surface area (Å²) in [6, 6.07) is 0. The predicted molar refractivity (Wildman–Crippen MR) is 72.8 cm³/mol. The van der Waals surface area contributed by atoms with E-state index in [9.17, 15) is 9.90 Å². The molecule has 0 saturated carbocycles. The van der Waals surface area contributed by atoms with E-state index in [4.69, 9.17) is 0 Å². The minimum atomic E-state index is 0.150. The molecule has 5 heteroatoms. The molecule has 106 valence electrons. The number of aromatic nitrogens is 2. The number of rotatable bonds is 3. The minimum Gasteiger partial charge on any atom is -0.396 e. The molecular formula is C14H23N3O2. The highest BCUT2D eigenvalue weighted by Crippen LogP contribution is 2.19. The number of carbonyl (C=O) groups excluding carboxylic acids is 1. The molecule has 2 heterocycles. The van der Waals surface area contributed by atoms with Crippen molar-refractivity contribution in [2.24, 2.45) is 13.0 Å². The van der Waals surface area contributed by atoms with Crippen LogP contribution in [0.25, 0.3) is 0 Å². The molecule has 1 fully saturated rings. The van der Waals surface area contributed by atoms with Gasteiger partial charge in [-0.3, -0.25) is 9.48 Å². The average molecular weight is 265 g/mol. The molecular weight excluding hydrogens is 242 g/mol. The molecule has 1 aromatic rings. The van der Waals surface area contributed by atoms with Gasteiger partial charge in [0, 0.05) is 38.0 Å². The monoisotopic (exact) mass is 265 g/mol. The Morgan fingerprint density at radius 2 is 2.21 bits per heavy atom. The zero-order valence-corrected chi connectivity index (χ0v) is 12.0. The standard InChI is InChI=1S/C14H23N3O2/c1-10-13(11(2)16(3)15-10)7-14(19)17-6-4-5-12(8-17)9-18/h12,18H,4-9H2,1-3H3. The summed E-state index contributed by atoms with van der Waals surface area (Å²) >= 11 is 0. The van der Waals surface area contributed by atoms with Crippen molar-refractivity contribution >= 4 is 5.91 Å². The quantitative estimate of drug-likeness (QED) is 0.880. The van der Waals surface area contributed by atoms with E-state index in [0.29, 0.717) is 13.0 Å². The topological polar surface area (TPSA) is 58.4 Å². The highest BCUT2D eigenvalue weighted by molar-refractivity contribution is 5.79. The van der Waals surface area contributed by atoms with Gasteiger partial charge in [0.15, 0.2) is 0 Å². The second-order valence-corrected chi connectivity index (χ2v) is 5.48. The molecule has 2 rings (SSSR count). The first kappa shape index (κ1) is 14.1. The lowest BCUT2D eigenvalue weighted by Crippen LogP contribution is -2.41. The summed E-state index contributed by atoms with van der Waals surface area (Å²) in [5, 5.41) is 13.6. The zero-order valence-electron chi connectivity index (χ0n) is 12.0. The Balaban J connectivity index is 2.04. The molecule has 1 N–H and O–H groups in total. The van der Waals surface area contributed by atoms with E-state index in [-0.39, 0.29) is 18.4 Å². The lowest BCUT2D eigenvalue weighted by Gasteiger charge is -2.32. The van der Waals surface area contributed by atoms with Gasteiger partial charge in [-0.15, -0.1) is 0 Å². The van der Waals surface area contributed by atoms with Gasteiger partial charge < -0.3 is 10.0 Å². The predicted octanol–water partition coefficient (Wildman–Crippen LogP) is 0.810. The zero-order chi connectivity index (χ0) is 14.0. The first-order chi connectivity index (χ1) is 9.02. The first-order valence-electron chi connectivity index (χ1n) is 6.90. The van der Waals surface area contributed by atoms with E-state index in [1.807, 2.05) is 30.5 Å². The molecule has 5 nitrogen and oxygen atoms in total. The molecule has 0 aliphatic carbocycles. The summed E-state index contributed by atoms with van der Waals surface area (Å²) in [7, 11) is 1.90. The Morgan fingerprint density at radius 1 is 1.47 bits per heavy atom. The number of amides is 1. The second kappa shape index (κ2) is 5.74. The van der Waals surface area contributed by atoms with Crippen LogP contribution in [0.5, 0.6) is 0 Å². The van der Waals surface area contributed by atoms with E-state index in [2.05, 4.69) is 5.10 Å². The number of carbonyl (C=O) groups is 1. The Morgan fingerprint density at radius 3 is 2.79 bits per heavy atom. The van der Waals surface area contributed by atoms with Crippen LogP contribution in [0.3, 0.4) is 0 Å². The molecule has 1 aliphatic heterocycles. The second-order valence-electron chi connectivity index (χ2n) is 5.48. The van der Waals surface area contributed by atoms with E-state index in [1.165, 1.54) is 0 Å². The lowest BCUT2D eigenvalue weighted by atomic mass is 9.98. The van der Waals surface area contributed by atoms with Crippen molar-refractivity contribution < 1.29 is 9.90 Å². The summed E-state index contributed by atoms with van der Waals surface area (Å²) < 4.78 is 1.82. The number of hydrogen-bond donors (Lipinski definition) is 1. The van der Waals surface area contributed by atoms with Crippen LogP contribution >= 0.6 is 0 Å². The van der Waals surface area contributed by atoms with Gasteiger partial charge in [-0.2, -0.15) is 5.10 Å². The molecule has 0 spiro atoms. The van der Waals surface area contributed by atoms with Gasteiger partial charge in [-0.1, -0.05) is 0 Å². The molecule has 1 unspecified atom stereocenters. The Bertz CT molecular complexity index is 468. The van der Waals surface area contributed by atoms with Crippen LogP contribution in [-0.4, -0.2) is 45.4 Å². The third-order valence-electron chi connectivity index (χ3n) is 4.12. The molecule has 0 radical (unpaired) electrons. The van der Waals surface area contributed by atoms with Crippen LogP contribution in [0.4, 0.5) is 0 Å². The van der Waals surface area contributed by atoms with Crippen molar-refractivity contribution in [3.63, 3.8) is 0 Å². The average Bonchev–Trinajstić information content (AvgIpc) is 2.65. The van der Waals surface area contributed by atoms with E-state index in [0.717, 1.165) is 36.3 Å². The number of hydrogen-bond acceptors (Lipinski definition) is 3. The fraction of sp³-hybridized carbons (Fsp3) is 0.714. The van der Waals surface area contributed by atoms with E-state index < -0.39 is 0 Å². The van der Waals surface area contributed by atoms with Crippen molar-refractivity contribution in [2.45, 2.75) is 33.1 Å². The van der Waals surface area contributed by atoms with Gasteiger partial charge in [0.1, 0.15) is 0 Å². The van der Waals surface area contributed by atoms with Crippen molar-refractivity contribution in [1.82, 2.24) is 14.7 Å². The molecule has 19 heavy (non-hydrogen) atoms. The first-order valence-corrected chi connectivity index (χ1v) is 6.90. The maximum atomic E-state index is 12.3. The summed E-state index contributed by atoms with van der Waals surface area (Å²) in [5.74, 6) is 0.395. The number of piperidine rings is 1. The fourth-order valence-electron chi connectivity index (χ4n) is 2.78. The van der Waals surface area contributed by atoms with E-state index in [1.54, 1.807) is 0 Å². The molecule has 1 aromatic heterocycles. The van der Waals surface area contributed by atoms with Crippen molar-refractivity contribution in [2.75, 3.05) is 19.7 Å². The third kappa shape index (κ3) is 2.97. The Kier molecular flexibility index (Phi) is 4.24. The highest BCUT2D eigenvalue weighted by atomic mass is 16.3. The highest BCUT2D eigenvalue weighted by Gasteiger charge is 2.24. The van der Waals surface area contributed by atoms with Crippen molar-refractivity contribution in [1.29, 1.82) is 0 Å². The molecule has 1 amide bonds. The van der Waals surface area contributed by atoms with Crippen LogP contribution in [0.15, 0.2) is 0 Å². The fourth-order valence-corrected chi connectivity index (χ4v) is 2.78. The van der Waals surface area contributed by atoms with Gasteiger partial charge in [0.05, 0.1) is 12.1 Å². The summed E-state index contributed by atoms with van der Waals surface area (Å²) in [4.78, 5) is 14.2. The van der Waals surface area contributed by atoms with E-state index >= 15 is 0 Å². The lowest BCUT2D eigenvalue weighted by molar-refractivity contribution is -0.132. The number of aryl methyl sites for hydroxylation is 2. The molecule has 0 aromatic carbocycles. The maximum absolute atomic E-state index is 12.3. The molecule has 0 bridgehead atoms. The SMILES string of the molecule is Cc1nn(C)c(C)c1CC(=O)N1CCCC(CO)C1. The smallest absolute Gasteiger partial charge is 0.227 e. The number of nitrogens with zero attached hydrogens (tertiary/aromatic N) is 3.